The number of carbonyl (C=O) groups is 4. The first-order valence-corrected chi connectivity index (χ1v) is 7.19. The van der Waals surface area contributed by atoms with Crippen molar-refractivity contribution in [2.24, 2.45) is 0 Å². The van der Waals surface area contributed by atoms with E-state index in [0.717, 1.165) is 18.2 Å². The zero-order valence-corrected chi connectivity index (χ0v) is 12.9. The molecule has 130 valence electrons. The van der Waals surface area contributed by atoms with E-state index in [1.165, 1.54) is 18.2 Å². The molecule has 0 spiro atoms. The molecule has 0 atom stereocenters. The zero-order chi connectivity index (χ0) is 19.2. The van der Waals surface area contributed by atoms with E-state index < -0.39 is 46.1 Å². The summed E-state index contributed by atoms with van der Waals surface area (Å²) >= 11 is 0. The maximum Gasteiger partial charge on any atom is 0.337 e. The van der Waals surface area contributed by atoms with Crippen molar-refractivity contribution >= 4 is 45.4 Å². The fourth-order valence-corrected chi connectivity index (χ4v) is 2.95. The SMILES string of the molecule is O=C(O)c1cc2ccc3ccc(C(=O)O)c(C(=O)O)c3c2cc1C(=O)O. The average Bonchev–Trinajstić information content (AvgIpc) is 2.58. The van der Waals surface area contributed by atoms with Crippen molar-refractivity contribution < 1.29 is 39.6 Å². The molecule has 0 aliphatic carbocycles. The largest absolute Gasteiger partial charge is 0.478 e. The van der Waals surface area contributed by atoms with Crippen molar-refractivity contribution in [3.63, 3.8) is 0 Å². The van der Waals surface area contributed by atoms with Gasteiger partial charge in [-0.25, -0.2) is 19.2 Å². The molecular weight excluding hydrogens is 344 g/mol. The molecule has 0 fully saturated rings. The molecule has 3 rings (SSSR count). The van der Waals surface area contributed by atoms with Crippen LogP contribution in [0.5, 0.6) is 0 Å². The van der Waals surface area contributed by atoms with E-state index in [-0.39, 0.29) is 16.2 Å². The number of fused-ring (bicyclic) bond motifs is 3. The fourth-order valence-electron chi connectivity index (χ4n) is 2.95. The third-order valence-electron chi connectivity index (χ3n) is 4.04. The number of carboxylic acid groups (broad SMARTS) is 4. The molecule has 8 heteroatoms. The molecule has 26 heavy (non-hydrogen) atoms. The van der Waals surface area contributed by atoms with E-state index in [2.05, 4.69) is 0 Å². The predicted molar refractivity (Wildman–Crippen MR) is 89.3 cm³/mol. The van der Waals surface area contributed by atoms with Gasteiger partial charge in [0.1, 0.15) is 0 Å². The minimum atomic E-state index is -1.49. The first kappa shape index (κ1) is 16.9. The molecule has 4 N–H and O–H groups in total. The Kier molecular flexibility index (Phi) is 3.80. The first-order valence-electron chi connectivity index (χ1n) is 7.19. The van der Waals surface area contributed by atoms with E-state index in [9.17, 15) is 39.6 Å². The number of hydrogen-bond donors (Lipinski definition) is 4. The first-order chi connectivity index (χ1) is 12.2. The Morgan fingerprint density at radius 3 is 1.62 bits per heavy atom. The van der Waals surface area contributed by atoms with Crippen LogP contribution in [0, 0.1) is 0 Å². The van der Waals surface area contributed by atoms with Gasteiger partial charge in [0.15, 0.2) is 0 Å². The third kappa shape index (κ3) is 2.49. The predicted octanol–water partition coefficient (Wildman–Crippen LogP) is 2.79. The van der Waals surface area contributed by atoms with Crippen LogP contribution < -0.4 is 0 Å². The van der Waals surface area contributed by atoms with Crippen LogP contribution in [0.1, 0.15) is 41.4 Å². The van der Waals surface area contributed by atoms with Crippen molar-refractivity contribution in [2.45, 2.75) is 0 Å². The molecule has 0 bridgehead atoms. The fraction of sp³-hybridized carbons (Fsp3) is 0. The molecule has 0 unspecified atom stereocenters. The quantitative estimate of drug-likeness (QED) is 0.522. The van der Waals surface area contributed by atoms with Gasteiger partial charge in [-0.1, -0.05) is 18.2 Å². The summed E-state index contributed by atoms with van der Waals surface area (Å²) in [5, 5.41) is 38.1. The lowest BCUT2D eigenvalue weighted by Gasteiger charge is -2.12. The summed E-state index contributed by atoms with van der Waals surface area (Å²) in [5.41, 5.74) is -1.90. The van der Waals surface area contributed by atoms with Crippen LogP contribution >= 0.6 is 0 Å². The van der Waals surface area contributed by atoms with Gasteiger partial charge >= 0.3 is 23.9 Å². The van der Waals surface area contributed by atoms with Crippen LogP contribution in [0.2, 0.25) is 0 Å². The van der Waals surface area contributed by atoms with Crippen LogP contribution in [0.25, 0.3) is 21.5 Å². The maximum absolute atomic E-state index is 11.7. The second-order valence-electron chi connectivity index (χ2n) is 5.49. The monoisotopic (exact) mass is 354 g/mol. The highest BCUT2D eigenvalue weighted by atomic mass is 16.4. The third-order valence-corrected chi connectivity index (χ3v) is 4.04. The molecule has 3 aromatic rings. The van der Waals surface area contributed by atoms with E-state index >= 15 is 0 Å². The van der Waals surface area contributed by atoms with Crippen LogP contribution in [-0.2, 0) is 0 Å². The normalized spacial score (nSPS) is 10.8. The molecular formula is C18H10O8. The minimum absolute atomic E-state index is 0.0364. The summed E-state index contributed by atoms with van der Waals surface area (Å²) in [6.45, 7) is 0. The summed E-state index contributed by atoms with van der Waals surface area (Å²) < 4.78 is 0. The Labute approximate surface area is 144 Å². The number of rotatable bonds is 4. The molecule has 0 radical (unpaired) electrons. The van der Waals surface area contributed by atoms with Crippen molar-refractivity contribution in [1.29, 1.82) is 0 Å². The lowest BCUT2D eigenvalue weighted by atomic mass is 9.91. The smallest absolute Gasteiger partial charge is 0.337 e. The Bertz CT molecular complexity index is 1140. The van der Waals surface area contributed by atoms with Crippen LogP contribution in [0.4, 0.5) is 0 Å². The lowest BCUT2D eigenvalue weighted by Crippen LogP contribution is -2.10. The number of carboxylic acids is 4. The molecule has 0 saturated carbocycles. The van der Waals surface area contributed by atoms with Crippen molar-refractivity contribution in [2.75, 3.05) is 0 Å². The Morgan fingerprint density at radius 1 is 0.577 bits per heavy atom. The number of benzene rings is 3. The highest BCUT2D eigenvalue weighted by molar-refractivity contribution is 6.21. The van der Waals surface area contributed by atoms with Gasteiger partial charge in [-0.3, -0.25) is 0 Å². The Morgan fingerprint density at radius 2 is 1.08 bits per heavy atom. The van der Waals surface area contributed by atoms with E-state index in [4.69, 9.17) is 0 Å². The van der Waals surface area contributed by atoms with Gasteiger partial charge in [-0.15, -0.1) is 0 Å². The molecule has 0 amide bonds. The summed E-state index contributed by atoms with van der Waals surface area (Å²) in [4.78, 5) is 45.8. The highest BCUT2D eigenvalue weighted by Crippen LogP contribution is 2.32. The Hall–Kier alpha value is -3.94. The standard InChI is InChI=1S/C18H10O8/c19-15(20)9-4-3-7-1-2-8-5-11(16(21)22)12(17(23)24)6-10(8)13(7)14(9)18(25)26/h1-6H,(H,19,20)(H,21,22)(H,23,24)(H,25,26). The van der Waals surface area contributed by atoms with Gasteiger partial charge in [-0.05, 0) is 34.4 Å². The molecule has 0 saturated heterocycles. The van der Waals surface area contributed by atoms with Crippen LogP contribution in [0.3, 0.4) is 0 Å². The zero-order valence-electron chi connectivity index (χ0n) is 12.9. The summed E-state index contributed by atoms with van der Waals surface area (Å²) in [7, 11) is 0. The van der Waals surface area contributed by atoms with Crippen LogP contribution in [0.15, 0.2) is 36.4 Å². The molecule has 0 heterocycles. The van der Waals surface area contributed by atoms with Gasteiger partial charge in [0, 0.05) is 5.39 Å². The molecule has 0 aliphatic heterocycles. The molecule has 8 nitrogen and oxygen atoms in total. The summed E-state index contributed by atoms with van der Waals surface area (Å²) in [6, 6.07) is 7.78. The summed E-state index contributed by atoms with van der Waals surface area (Å²) in [5.74, 6) is -5.86. The topological polar surface area (TPSA) is 149 Å². The molecule has 0 aliphatic rings. The average molecular weight is 354 g/mol. The van der Waals surface area contributed by atoms with E-state index in [0.29, 0.717) is 5.39 Å². The minimum Gasteiger partial charge on any atom is -0.478 e. The second-order valence-corrected chi connectivity index (χ2v) is 5.49. The van der Waals surface area contributed by atoms with Gasteiger partial charge in [-0.2, -0.15) is 0 Å². The Balaban J connectivity index is 2.59. The maximum atomic E-state index is 11.7. The van der Waals surface area contributed by atoms with Crippen molar-refractivity contribution in [1.82, 2.24) is 0 Å². The van der Waals surface area contributed by atoms with Gasteiger partial charge < -0.3 is 20.4 Å². The van der Waals surface area contributed by atoms with E-state index in [1.54, 1.807) is 0 Å². The molecule has 3 aromatic carbocycles. The van der Waals surface area contributed by atoms with E-state index in [1.807, 2.05) is 0 Å². The van der Waals surface area contributed by atoms with Crippen molar-refractivity contribution in [3.05, 3.63) is 58.7 Å². The van der Waals surface area contributed by atoms with Gasteiger partial charge in [0.25, 0.3) is 0 Å². The number of aromatic carboxylic acids is 4. The highest BCUT2D eigenvalue weighted by Gasteiger charge is 2.23. The van der Waals surface area contributed by atoms with Crippen molar-refractivity contribution in [3.8, 4) is 0 Å². The molecule has 0 aromatic heterocycles. The second kappa shape index (κ2) is 5.85. The van der Waals surface area contributed by atoms with Gasteiger partial charge in [0.05, 0.1) is 22.3 Å². The summed E-state index contributed by atoms with van der Waals surface area (Å²) in [6.07, 6.45) is 0. The number of hydrogen-bond acceptors (Lipinski definition) is 4. The van der Waals surface area contributed by atoms with Gasteiger partial charge in [0.2, 0.25) is 0 Å². The lowest BCUT2D eigenvalue weighted by molar-refractivity contribution is 0.0652. The van der Waals surface area contributed by atoms with Crippen LogP contribution in [-0.4, -0.2) is 44.3 Å².